The van der Waals surface area contributed by atoms with E-state index in [1.807, 2.05) is 44.2 Å². The van der Waals surface area contributed by atoms with Crippen molar-refractivity contribution in [3.05, 3.63) is 35.9 Å². The first-order chi connectivity index (χ1) is 9.60. The third-order valence-electron chi connectivity index (χ3n) is 3.29. The Morgan fingerprint density at radius 2 is 1.70 bits per heavy atom. The van der Waals surface area contributed by atoms with Gasteiger partial charge in [-0.3, -0.25) is 4.79 Å². The molecule has 2 atom stereocenters. The molecule has 0 aliphatic rings. The largest absolute Gasteiger partial charge is 0.480 e. The molecular formula is C16H23NO3. The molecule has 2 unspecified atom stereocenters. The van der Waals surface area contributed by atoms with Gasteiger partial charge < -0.3 is 10.4 Å². The Morgan fingerprint density at radius 3 is 2.20 bits per heavy atom. The number of carbonyl (C=O) groups is 2. The zero-order valence-corrected chi connectivity index (χ0v) is 12.1. The highest BCUT2D eigenvalue weighted by molar-refractivity contribution is 5.88. The molecule has 0 aliphatic carbocycles. The molecule has 0 aliphatic heterocycles. The molecule has 20 heavy (non-hydrogen) atoms. The van der Waals surface area contributed by atoms with Gasteiger partial charge in [-0.15, -0.1) is 0 Å². The lowest BCUT2D eigenvalue weighted by Crippen LogP contribution is -2.43. The molecule has 0 aromatic heterocycles. The molecule has 4 nitrogen and oxygen atoms in total. The van der Waals surface area contributed by atoms with Crippen molar-refractivity contribution in [2.45, 2.75) is 51.5 Å². The number of hydrogen-bond donors (Lipinski definition) is 2. The molecule has 0 fully saturated rings. The van der Waals surface area contributed by atoms with Crippen LogP contribution in [0.2, 0.25) is 0 Å². The van der Waals surface area contributed by atoms with E-state index in [1.165, 1.54) is 0 Å². The molecule has 2 N–H and O–H groups in total. The standard InChI is InChI=1S/C16H23NO3/c1-3-8-13(12-10-6-5-7-11-12)15(18)17-14(9-4-2)16(19)20/h5-7,10-11,13-14H,3-4,8-9H2,1-2H3,(H,17,18)(H,19,20). The van der Waals surface area contributed by atoms with Gasteiger partial charge in [0, 0.05) is 0 Å². The fourth-order valence-corrected chi connectivity index (χ4v) is 2.24. The van der Waals surface area contributed by atoms with Crippen molar-refractivity contribution in [1.82, 2.24) is 5.32 Å². The van der Waals surface area contributed by atoms with Gasteiger partial charge in [0.15, 0.2) is 0 Å². The number of aliphatic carboxylic acids is 1. The van der Waals surface area contributed by atoms with Crippen LogP contribution in [0.25, 0.3) is 0 Å². The lowest BCUT2D eigenvalue weighted by Gasteiger charge is -2.20. The Hall–Kier alpha value is -1.84. The second kappa shape index (κ2) is 8.35. The summed E-state index contributed by atoms with van der Waals surface area (Å²) in [5.74, 6) is -1.44. The molecule has 110 valence electrons. The summed E-state index contributed by atoms with van der Waals surface area (Å²) in [5.41, 5.74) is 0.937. The minimum Gasteiger partial charge on any atom is -0.480 e. The number of amides is 1. The SMILES string of the molecule is CCCC(NC(=O)C(CCC)c1ccccc1)C(=O)O. The van der Waals surface area contributed by atoms with Crippen LogP contribution in [0.1, 0.15) is 51.0 Å². The van der Waals surface area contributed by atoms with E-state index in [0.717, 1.165) is 18.4 Å². The number of carboxylic acid groups (broad SMARTS) is 1. The van der Waals surface area contributed by atoms with E-state index in [4.69, 9.17) is 5.11 Å². The van der Waals surface area contributed by atoms with Gasteiger partial charge in [0.25, 0.3) is 0 Å². The van der Waals surface area contributed by atoms with E-state index in [1.54, 1.807) is 0 Å². The Kier molecular flexibility index (Phi) is 6.77. The maximum Gasteiger partial charge on any atom is 0.326 e. The molecule has 0 heterocycles. The number of nitrogens with one attached hydrogen (secondary N) is 1. The van der Waals surface area contributed by atoms with Crippen LogP contribution in [0.3, 0.4) is 0 Å². The Morgan fingerprint density at radius 1 is 1.10 bits per heavy atom. The van der Waals surface area contributed by atoms with Crippen LogP contribution in [0.4, 0.5) is 0 Å². The van der Waals surface area contributed by atoms with E-state index in [-0.39, 0.29) is 11.8 Å². The number of hydrogen-bond acceptors (Lipinski definition) is 2. The van der Waals surface area contributed by atoms with Gasteiger partial charge in [0.2, 0.25) is 5.91 Å². The number of rotatable bonds is 8. The molecule has 1 aromatic carbocycles. The summed E-state index contributed by atoms with van der Waals surface area (Å²) < 4.78 is 0. The summed E-state index contributed by atoms with van der Waals surface area (Å²) in [6.45, 7) is 3.92. The van der Waals surface area contributed by atoms with Crippen LogP contribution in [-0.4, -0.2) is 23.0 Å². The van der Waals surface area contributed by atoms with Crippen LogP contribution in [0, 0.1) is 0 Å². The van der Waals surface area contributed by atoms with Gasteiger partial charge in [-0.2, -0.15) is 0 Å². The predicted octanol–water partition coefficient (Wildman–Crippen LogP) is 2.94. The van der Waals surface area contributed by atoms with Gasteiger partial charge in [0.1, 0.15) is 6.04 Å². The highest BCUT2D eigenvalue weighted by Crippen LogP contribution is 2.21. The molecule has 1 amide bonds. The van der Waals surface area contributed by atoms with Crippen molar-refractivity contribution < 1.29 is 14.7 Å². The number of carboxylic acids is 1. The smallest absolute Gasteiger partial charge is 0.326 e. The Bertz CT molecular complexity index is 431. The fourth-order valence-electron chi connectivity index (χ4n) is 2.24. The molecule has 0 bridgehead atoms. The van der Waals surface area contributed by atoms with E-state index < -0.39 is 12.0 Å². The normalized spacial score (nSPS) is 13.5. The summed E-state index contributed by atoms with van der Waals surface area (Å²) in [6.07, 6.45) is 2.77. The van der Waals surface area contributed by atoms with Crippen molar-refractivity contribution in [3.8, 4) is 0 Å². The first-order valence-corrected chi connectivity index (χ1v) is 7.18. The van der Waals surface area contributed by atoms with Gasteiger partial charge in [-0.25, -0.2) is 4.79 Å². The van der Waals surface area contributed by atoms with Gasteiger partial charge in [-0.05, 0) is 18.4 Å². The maximum atomic E-state index is 12.3. The highest BCUT2D eigenvalue weighted by atomic mass is 16.4. The van der Waals surface area contributed by atoms with Crippen LogP contribution < -0.4 is 5.32 Å². The zero-order valence-electron chi connectivity index (χ0n) is 12.1. The molecule has 1 aromatic rings. The van der Waals surface area contributed by atoms with Crippen molar-refractivity contribution >= 4 is 11.9 Å². The van der Waals surface area contributed by atoms with Gasteiger partial charge in [-0.1, -0.05) is 57.0 Å². The van der Waals surface area contributed by atoms with Crippen molar-refractivity contribution in [2.24, 2.45) is 0 Å². The molecule has 1 rings (SSSR count). The maximum absolute atomic E-state index is 12.3. The van der Waals surface area contributed by atoms with E-state index in [9.17, 15) is 9.59 Å². The first-order valence-electron chi connectivity index (χ1n) is 7.18. The highest BCUT2D eigenvalue weighted by Gasteiger charge is 2.25. The zero-order chi connectivity index (χ0) is 15.0. The predicted molar refractivity (Wildman–Crippen MR) is 78.6 cm³/mol. The average molecular weight is 277 g/mol. The van der Waals surface area contributed by atoms with E-state index in [2.05, 4.69) is 5.32 Å². The lowest BCUT2D eigenvalue weighted by atomic mass is 9.93. The van der Waals surface area contributed by atoms with E-state index in [0.29, 0.717) is 12.8 Å². The van der Waals surface area contributed by atoms with Crippen LogP contribution in [-0.2, 0) is 9.59 Å². The minimum atomic E-state index is -0.969. The Labute approximate surface area is 120 Å². The third kappa shape index (κ3) is 4.68. The first kappa shape index (κ1) is 16.2. The van der Waals surface area contributed by atoms with Crippen LogP contribution in [0.15, 0.2) is 30.3 Å². The van der Waals surface area contributed by atoms with Crippen LogP contribution in [0.5, 0.6) is 0 Å². The van der Waals surface area contributed by atoms with Gasteiger partial charge >= 0.3 is 5.97 Å². The summed E-state index contributed by atoms with van der Waals surface area (Å²) in [6, 6.07) is 8.72. The third-order valence-corrected chi connectivity index (χ3v) is 3.29. The molecule has 0 spiro atoms. The number of benzene rings is 1. The second-order valence-corrected chi connectivity index (χ2v) is 4.94. The summed E-state index contributed by atoms with van der Waals surface area (Å²) in [4.78, 5) is 23.5. The van der Waals surface area contributed by atoms with Crippen molar-refractivity contribution in [3.63, 3.8) is 0 Å². The van der Waals surface area contributed by atoms with Crippen molar-refractivity contribution in [2.75, 3.05) is 0 Å². The average Bonchev–Trinajstić information content (AvgIpc) is 2.45. The molecule has 4 heteroatoms. The monoisotopic (exact) mass is 277 g/mol. The number of carbonyl (C=O) groups excluding carboxylic acids is 1. The fraction of sp³-hybridized carbons (Fsp3) is 0.500. The lowest BCUT2D eigenvalue weighted by molar-refractivity contribution is -0.142. The molecular weight excluding hydrogens is 254 g/mol. The molecule has 0 radical (unpaired) electrons. The van der Waals surface area contributed by atoms with Crippen LogP contribution >= 0.6 is 0 Å². The van der Waals surface area contributed by atoms with Gasteiger partial charge in [0.05, 0.1) is 5.92 Å². The molecule has 0 saturated carbocycles. The minimum absolute atomic E-state index is 0.195. The second-order valence-electron chi connectivity index (χ2n) is 4.94. The quantitative estimate of drug-likeness (QED) is 0.767. The summed E-state index contributed by atoms with van der Waals surface area (Å²) >= 11 is 0. The summed E-state index contributed by atoms with van der Waals surface area (Å²) in [5, 5.41) is 11.8. The molecule has 0 saturated heterocycles. The topological polar surface area (TPSA) is 66.4 Å². The Balaban J connectivity index is 2.81. The van der Waals surface area contributed by atoms with Crippen molar-refractivity contribution in [1.29, 1.82) is 0 Å². The van der Waals surface area contributed by atoms with E-state index >= 15 is 0 Å². The summed E-state index contributed by atoms with van der Waals surface area (Å²) in [7, 11) is 0.